The van der Waals surface area contributed by atoms with Crippen LogP contribution in [0.15, 0.2) is 34.0 Å². The summed E-state index contributed by atoms with van der Waals surface area (Å²) in [7, 11) is -3.63. The molecule has 2 N–H and O–H groups in total. The van der Waals surface area contributed by atoms with E-state index in [-0.39, 0.29) is 11.6 Å². The van der Waals surface area contributed by atoms with E-state index in [1.807, 2.05) is 6.92 Å². The minimum atomic E-state index is -3.63. The Labute approximate surface area is 124 Å². The van der Waals surface area contributed by atoms with Gasteiger partial charge in [0, 0.05) is 18.7 Å². The van der Waals surface area contributed by atoms with E-state index < -0.39 is 10.0 Å². The van der Waals surface area contributed by atoms with Gasteiger partial charge in [0.1, 0.15) is 5.76 Å². The van der Waals surface area contributed by atoms with Crippen LogP contribution in [-0.2, 0) is 23.1 Å². The second-order valence-corrected chi connectivity index (χ2v) is 6.39. The van der Waals surface area contributed by atoms with Crippen LogP contribution in [-0.4, -0.2) is 36.0 Å². The number of rotatable bonds is 8. The summed E-state index contributed by atoms with van der Waals surface area (Å²) in [6.07, 6.45) is 3.07. The predicted molar refractivity (Wildman–Crippen MR) is 77.9 cm³/mol. The minimum Gasteiger partial charge on any atom is -0.468 e. The average molecular weight is 312 g/mol. The lowest BCUT2D eigenvalue weighted by Gasteiger charge is -2.19. The maximum absolute atomic E-state index is 12.7. The molecule has 0 atom stereocenters. The third-order valence-electron chi connectivity index (χ3n) is 3.11. The number of hydrogen-bond donors (Lipinski definition) is 2. The highest BCUT2D eigenvalue weighted by molar-refractivity contribution is 7.89. The number of sulfonamides is 1. The second kappa shape index (κ2) is 6.88. The van der Waals surface area contributed by atoms with E-state index in [1.165, 1.54) is 16.8 Å². The molecule has 0 radical (unpaired) electrons. The van der Waals surface area contributed by atoms with Gasteiger partial charge >= 0.3 is 0 Å². The van der Waals surface area contributed by atoms with Crippen molar-refractivity contribution in [3.63, 3.8) is 0 Å². The van der Waals surface area contributed by atoms with Gasteiger partial charge in [-0.2, -0.15) is 9.40 Å². The van der Waals surface area contributed by atoms with E-state index >= 15 is 0 Å². The van der Waals surface area contributed by atoms with Crippen LogP contribution in [0.5, 0.6) is 0 Å². The Kier molecular flexibility index (Phi) is 5.16. The van der Waals surface area contributed by atoms with Crippen LogP contribution in [0.1, 0.15) is 25.2 Å². The molecule has 7 nitrogen and oxygen atoms in total. The molecule has 21 heavy (non-hydrogen) atoms. The first kappa shape index (κ1) is 15.7. The van der Waals surface area contributed by atoms with Crippen molar-refractivity contribution in [2.45, 2.75) is 32.0 Å². The van der Waals surface area contributed by atoms with E-state index in [1.54, 1.807) is 19.1 Å². The number of nitrogens with zero attached hydrogens (tertiary/aromatic N) is 2. The molecule has 0 bridgehead atoms. The topological polar surface area (TPSA) is 91.2 Å². The number of aromatic nitrogens is 2. The number of nitrogens with one attached hydrogen (secondary N) is 2. The SMILES string of the molecule is CCNCc1cn[nH]c1S(=O)(=O)N(CC)Cc1ccco1. The van der Waals surface area contributed by atoms with Crippen molar-refractivity contribution in [1.29, 1.82) is 0 Å². The van der Waals surface area contributed by atoms with Crippen molar-refractivity contribution in [2.24, 2.45) is 0 Å². The molecule has 0 fully saturated rings. The maximum atomic E-state index is 12.7. The van der Waals surface area contributed by atoms with Crippen molar-refractivity contribution in [3.8, 4) is 0 Å². The van der Waals surface area contributed by atoms with Gasteiger partial charge in [-0.1, -0.05) is 13.8 Å². The largest absolute Gasteiger partial charge is 0.468 e. The lowest BCUT2D eigenvalue weighted by Crippen LogP contribution is -2.31. The number of hydrogen-bond acceptors (Lipinski definition) is 5. The molecule has 2 rings (SSSR count). The molecule has 2 heterocycles. The third-order valence-corrected chi connectivity index (χ3v) is 5.04. The third kappa shape index (κ3) is 3.52. The fourth-order valence-electron chi connectivity index (χ4n) is 1.98. The molecule has 116 valence electrons. The Morgan fingerprint density at radius 3 is 2.86 bits per heavy atom. The molecule has 0 aliphatic heterocycles. The van der Waals surface area contributed by atoms with Gasteiger partial charge in [0.05, 0.1) is 19.0 Å². The molecule has 0 unspecified atom stereocenters. The van der Waals surface area contributed by atoms with Crippen molar-refractivity contribution >= 4 is 10.0 Å². The van der Waals surface area contributed by atoms with Crippen LogP contribution >= 0.6 is 0 Å². The smallest absolute Gasteiger partial charge is 0.260 e. The van der Waals surface area contributed by atoms with Crippen LogP contribution < -0.4 is 5.32 Å². The van der Waals surface area contributed by atoms with E-state index in [4.69, 9.17) is 4.42 Å². The highest BCUT2D eigenvalue weighted by Gasteiger charge is 2.28. The molecular formula is C13H20N4O3S. The Balaban J connectivity index is 2.24. The summed E-state index contributed by atoms with van der Waals surface area (Å²) in [5.41, 5.74) is 0.634. The van der Waals surface area contributed by atoms with Crippen LogP contribution in [0.3, 0.4) is 0 Å². The van der Waals surface area contributed by atoms with E-state index in [2.05, 4.69) is 15.5 Å². The fourth-order valence-corrected chi connectivity index (χ4v) is 3.50. The Morgan fingerprint density at radius 1 is 1.43 bits per heavy atom. The minimum absolute atomic E-state index is 0.136. The zero-order chi connectivity index (χ0) is 15.3. The first-order valence-electron chi connectivity index (χ1n) is 6.85. The van der Waals surface area contributed by atoms with Gasteiger partial charge in [0.2, 0.25) is 0 Å². The highest BCUT2D eigenvalue weighted by atomic mass is 32.2. The number of H-pyrrole nitrogens is 1. The highest BCUT2D eigenvalue weighted by Crippen LogP contribution is 2.19. The Bertz CT molecular complexity index is 649. The molecule has 8 heteroatoms. The van der Waals surface area contributed by atoms with Gasteiger partial charge in [0.15, 0.2) is 5.03 Å². The van der Waals surface area contributed by atoms with Crippen LogP contribution in [0.4, 0.5) is 0 Å². The van der Waals surface area contributed by atoms with Gasteiger partial charge in [-0.05, 0) is 18.7 Å². The molecule has 0 aliphatic rings. The lowest BCUT2D eigenvalue weighted by atomic mass is 10.3. The summed E-state index contributed by atoms with van der Waals surface area (Å²) in [6.45, 7) is 5.52. The fraction of sp³-hybridized carbons (Fsp3) is 0.462. The summed E-state index contributed by atoms with van der Waals surface area (Å²) in [4.78, 5) is 0. The zero-order valence-electron chi connectivity index (χ0n) is 12.2. The number of furan rings is 1. The van der Waals surface area contributed by atoms with Crippen molar-refractivity contribution in [3.05, 3.63) is 35.9 Å². The lowest BCUT2D eigenvalue weighted by molar-refractivity contribution is 0.373. The number of aromatic amines is 1. The van der Waals surface area contributed by atoms with Crippen molar-refractivity contribution in [1.82, 2.24) is 19.8 Å². The Hall–Kier alpha value is -1.64. The first-order valence-corrected chi connectivity index (χ1v) is 8.29. The predicted octanol–water partition coefficient (Wildman–Crippen LogP) is 1.32. The summed E-state index contributed by atoms with van der Waals surface area (Å²) < 4.78 is 32.0. The standard InChI is InChI=1S/C13H20N4O3S/c1-3-14-8-11-9-15-16-13(11)21(18,19)17(4-2)10-12-6-5-7-20-12/h5-7,9,14H,3-4,8,10H2,1-2H3,(H,15,16). The molecule has 0 aromatic carbocycles. The first-order chi connectivity index (χ1) is 10.1. The van der Waals surface area contributed by atoms with Gasteiger partial charge in [-0.25, -0.2) is 8.42 Å². The van der Waals surface area contributed by atoms with Gasteiger partial charge in [-0.3, -0.25) is 5.10 Å². The monoisotopic (exact) mass is 312 g/mol. The van der Waals surface area contributed by atoms with E-state index in [0.717, 1.165) is 6.54 Å². The molecule has 0 aliphatic carbocycles. The average Bonchev–Trinajstić information content (AvgIpc) is 3.13. The molecule has 0 saturated carbocycles. The van der Waals surface area contributed by atoms with E-state index in [0.29, 0.717) is 24.4 Å². The van der Waals surface area contributed by atoms with E-state index in [9.17, 15) is 8.42 Å². The molecule has 2 aromatic heterocycles. The van der Waals surface area contributed by atoms with Crippen molar-refractivity contribution < 1.29 is 12.8 Å². The van der Waals surface area contributed by atoms with Crippen molar-refractivity contribution in [2.75, 3.05) is 13.1 Å². The molecule has 0 saturated heterocycles. The van der Waals surface area contributed by atoms with Gasteiger partial charge < -0.3 is 9.73 Å². The van der Waals surface area contributed by atoms with Gasteiger partial charge in [0.25, 0.3) is 10.0 Å². The summed E-state index contributed by atoms with van der Waals surface area (Å²) in [5, 5.41) is 9.70. The Morgan fingerprint density at radius 2 is 2.24 bits per heavy atom. The second-order valence-electron chi connectivity index (χ2n) is 4.52. The summed E-state index contributed by atoms with van der Waals surface area (Å²) in [5.74, 6) is 0.605. The van der Waals surface area contributed by atoms with Crippen LogP contribution in [0.25, 0.3) is 0 Å². The summed E-state index contributed by atoms with van der Waals surface area (Å²) >= 11 is 0. The molecule has 0 spiro atoms. The quantitative estimate of drug-likeness (QED) is 0.767. The van der Waals surface area contributed by atoms with Gasteiger partial charge in [-0.15, -0.1) is 0 Å². The van der Waals surface area contributed by atoms with Crippen LogP contribution in [0, 0.1) is 0 Å². The molecule has 0 amide bonds. The molecular weight excluding hydrogens is 292 g/mol. The normalized spacial score (nSPS) is 12.1. The maximum Gasteiger partial charge on any atom is 0.260 e. The van der Waals surface area contributed by atoms with Crippen LogP contribution in [0.2, 0.25) is 0 Å². The summed E-state index contributed by atoms with van der Waals surface area (Å²) in [6, 6.07) is 3.49. The zero-order valence-corrected chi connectivity index (χ0v) is 13.0. The molecule has 2 aromatic rings.